The number of nitrogens with zero attached hydrogens (tertiary/aromatic N) is 1. The SMILES string of the molecule is COc1cccc(N2CCCCCC2C)c1C(C)=O. The summed E-state index contributed by atoms with van der Waals surface area (Å²) in [7, 11) is 1.62. The van der Waals surface area contributed by atoms with E-state index in [-0.39, 0.29) is 5.78 Å². The van der Waals surface area contributed by atoms with Gasteiger partial charge in [0.25, 0.3) is 0 Å². The highest BCUT2D eigenvalue weighted by atomic mass is 16.5. The standard InChI is InChI=1S/C16H23NO2/c1-12-8-5-4-6-11-17(12)14-9-7-10-15(19-3)16(14)13(2)18/h7,9-10,12H,4-6,8,11H2,1-3H3. The summed E-state index contributed by atoms with van der Waals surface area (Å²) in [5.41, 5.74) is 1.75. The number of ketones is 1. The number of methoxy groups -OCH3 is 1. The monoisotopic (exact) mass is 261 g/mol. The highest BCUT2D eigenvalue weighted by Crippen LogP contribution is 2.33. The lowest BCUT2D eigenvalue weighted by Crippen LogP contribution is -2.33. The van der Waals surface area contributed by atoms with Crippen LogP contribution in [0.4, 0.5) is 5.69 Å². The Morgan fingerprint density at radius 3 is 2.79 bits per heavy atom. The molecular formula is C16H23NO2. The van der Waals surface area contributed by atoms with Crippen molar-refractivity contribution in [1.29, 1.82) is 0 Å². The molecule has 1 aromatic carbocycles. The summed E-state index contributed by atoms with van der Waals surface area (Å²) < 4.78 is 5.36. The Bertz CT molecular complexity index is 456. The van der Waals surface area contributed by atoms with Crippen LogP contribution in [-0.2, 0) is 0 Å². The first kappa shape index (κ1) is 13.9. The van der Waals surface area contributed by atoms with Crippen molar-refractivity contribution in [3.63, 3.8) is 0 Å². The number of ether oxygens (including phenoxy) is 1. The quantitative estimate of drug-likeness (QED) is 0.778. The van der Waals surface area contributed by atoms with E-state index in [2.05, 4.69) is 11.8 Å². The molecule has 3 nitrogen and oxygen atoms in total. The van der Waals surface area contributed by atoms with Gasteiger partial charge in [-0.25, -0.2) is 0 Å². The number of hydrogen-bond donors (Lipinski definition) is 0. The molecule has 19 heavy (non-hydrogen) atoms. The molecule has 0 N–H and O–H groups in total. The molecule has 1 aromatic rings. The summed E-state index contributed by atoms with van der Waals surface area (Å²) in [6, 6.07) is 6.36. The number of rotatable bonds is 3. The van der Waals surface area contributed by atoms with Crippen LogP contribution >= 0.6 is 0 Å². The third-order valence-corrected chi connectivity index (χ3v) is 3.94. The Labute approximate surface area is 115 Å². The summed E-state index contributed by atoms with van der Waals surface area (Å²) in [5.74, 6) is 0.755. The van der Waals surface area contributed by atoms with Gasteiger partial charge in [0.05, 0.1) is 18.4 Å². The molecule has 1 aliphatic heterocycles. The van der Waals surface area contributed by atoms with Gasteiger partial charge in [0.15, 0.2) is 5.78 Å². The van der Waals surface area contributed by atoms with Gasteiger partial charge in [-0.15, -0.1) is 0 Å². The molecule has 104 valence electrons. The Hall–Kier alpha value is -1.51. The fourth-order valence-electron chi connectivity index (χ4n) is 2.92. The van der Waals surface area contributed by atoms with Gasteiger partial charge in [-0.1, -0.05) is 18.9 Å². The van der Waals surface area contributed by atoms with Gasteiger partial charge in [0.2, 0.25) is 0 Å². The van der Waals surface area contributed by atoms with Crippen molar-refractivity contribution >= 4 is 11.5 Å². The Kier molecular flexibility index (Phi) is 4.46. The van der Waals surface area contributed by atoms with E-state index < -0.39 is 0 Å². The summed E-state index contributed by atoms with van der Waals surface area (Å²) in [5, 5.41) is 0. The molecular weight excluding hydrogens is 238 g/mol. The van der Waals surface area contributed by atoms with E-state index in [1.807, 2.05) is 18.2 Å². The van der Waals surface area contributed by atoms with Crippen molar-refractivity contribution in [2.24, 2.45) is 0 Å². The van der Waals surface area contributed by atoms with Crippen LogP contribution in [-0.4, -0.2) is 25.5 Å². The predicted molar refractivity (Wildman–Crippen MR) is 78.3 cm³/mol. The summed E-state index contributed by atoms with van der Waals surface area (Å²) >= 11 is 0. The second-order valence-electron chi connectivity index (χ2n) is 5.30. The lowest BCUT2D eigenvalue weighted by molar-refractivity contribution is 0.101. The van der Waals surface area contributed by atoms with Crippen LogP contribution in [0, 0.1) is 0 Å². The molecule has 0 saturated carbocycles. The predicted octanol–water partition coefficient (Wildman–Crippen LogP) is 3.67. The van der Waals surface area contributed by atoms with Crippen molar-refractivity contribution in [2.45, 2.75) is 45.6 Å². The van der Waals surface area contributed by atoms with Crippen LogP contribution < -0.4 is 9.64 Å². The van der Waals surface area contributed by atoms with Crippen molar-refractivity contribution in [2.75, 3.05) is 18.6 Å². The molecule has 0 aliphatic carbocycles. The molecule has 1 saturated heterocycles. The number of carbonyl (C=O) groups is 1. The van der Waals surface area contributed by atoms with E-state index in [0.29, 0.717) is 11.8 Å². The maximum Gasteiger partial charge on any atom is 0.165 e. The summed E-state index contributed by atoms with van der Waals surface area (Å²) in [6.45, 7) is 4.88. The zero-order chi connectivity index (χ0) is 13.8. The Balaban J connectivity index is 2.45. The number of hydrogen-bond acceptors (Lipinski definition) is 3. The molecule has 1 unspecified atom stereocenters. The molecule has 1 aliphatic rings. The number of benzene rings is 1. The summed E-state index contributed by atoms with van der Waals surface area (Å²) in [4.78, 5) is 14.3. The molecule has 0 spiro atoms. The highest BCUT2D eigenvalue weighted by molar-refractivity contribution is 6.02. The van der Waals surface area contributed by atoms with E-state index in [0.717, 1.165) is 17.8 Å². The average Bonchev–Trinajstić information content (AvgIpc) is 2.62. The van der Waals surface area contributed by atoms with Gasteiger partial charge in [-0.3, -0.25) is 4.79 Å². The van der Waals surface area contributed by atoms with Crippen LogP contribution in [0.25, 0.3) is 0 Å². The van der Waals surface area contributed by atoms with Gasteiger partial charge in [-0.2, -0.15) is 0 Å². The van der Waals surface area contributed by atoms with Crippen molar-refractivity contribution in [3.8, 4) is 5.75 Å². The van der Waals surface area contributed by atoms with Gasteiger partial charge in [0, 0.05) is 12.6 Å². The molecule has 1 fully saturated rings. The lowest BCUT2D eigenvalue weighted by atomic mass is 10.0. The minimum Gasteiger partial charge on any atom is -0.496 e. The zero-order valence-electron chi connectivity index (χ0n) is 12.1. The smallest absolute Gasteiger partial charge is 0.165 e. The van der Waals surface area contributed by atoms with Crippen LogP contribution in [0.2, 0.25) is 0 Å². The third kappa shape index (κ3) is 2.91. The maximum absolute atomic E-state index is 12.0. The number of carbonyl (C=O) groups excluding carboxylic acids is 1. The molecule has 1 heterocycles. The highest BCUT2D eigenvalue weighted by Gasteiger charge is 2.23. The normalized spacial score (nSPS) is 19.9. The minimum absolute atomic E-state index is 0.0731. The van der Waals surface area contributed by atoms with E-state index in [1.165, 1.54) is 25.7 Å². The van der Waals surface area contributed by atoms with Crippen molar-refractivity contribution in [3.05, 3.63) is 23.8 Å². The van der Waals surface area contributed by atoms with Crippen LogP contribution in [0.15, 0.2) is 18.2 Å². The second-order valence-corrected chi connectivity index (χ2v) is 5.30. The van der Waals surface area contributed by atoms with E-state index in [4.69, 9.17) is 4.74 Å². The van der Waals surface area contributed by atoms with E-state index in [1.54, 1.807) is 14.0 Å². The Morgan fingerprint density at radius 2 is 2.11 bits per heavy atom. The average molecular weight is 261 g/mol. The minimum atomic E-state index is 0.0731. The van der Waals surface area contributed by atoms with E-state index >= 15 is 0 Å². The largest absolute Gasteiger partial charge is 0.496 e. The van der Waals surface area contributed by atoms with Crippen molar-refractivity contribution < 1.29 is 9.53 Å². The van der Waals surface area contributed by atoms with Crippen LogP contribution in [0.5, 0.6) is 5.75 Å². The molecule has 0 radical (unpaired) electrons. The molecule has 0 aromatic heterocycles. The number of Topliss-reactive ketones (excluding diaryl/α,β-unsaturated/α-hetero) is 1. The van der Waals surface area contributed by atoms with E-state index in [9.17, 15) is 4.79 Å². The van der Waals surface area contributed by atoms with Crippen LogP contribution in [0.3, 0.4) is 0 Å². The fraction of sp³-hybridized carbons (Fsp3) is 0.562. The second kappa shape index (κ2) is 6.09. The molecule has 0 bridgehead atoms. The van der Waals surface area contributed by atoms with Gasteiger partial charge in [-0.05, 0) is 38.8 Å². The first-order chi connectivity index (χ1) is 9.15. The molecule has 3 heteroatoms. The summed E-state index contributed by atoms with van der Waals surface area (Å²) in [6.07, 6.45) is 4.94. The van der Waals surface area contributed by atoms with Gasteiger partial charge >= 0.3 is 0 Å². The van der Waals surface area contributed by atoms with Gasteiger partial charge in [0.1, 0.15) is 5.75 Å². The van der Waals surface area contributed by atoms with Crippen LogP contribution in [0.1, 0.15) is 49.9 Å². The zero-order valence-corrected chi connectivity index (χ0v) is 12.1. The first-order valence-electron chi connectivity index (χ1n) is 7.09. The topological polar surface area (TPSA) is 29.5 Å². The number of anilines is 1. The fourth-order valence-corrected chi connectivity index (χ4v) is 2.92. The Morgan fingerprint density at radius 1 is 1.32 bits per heavy atom. The maximum atomic E-state index is 12.0. The van der Waals surface area contributed by atoms with Gasteiger partial charge < -0.3 is 9.64 Å². The lowest BCUT2D eigenvalue weighted by Gasteiger charge is -2.31. The first-order valence-corrected chi connectivity index (χ1v) is 7.09. The molecule has 2 rings (SSSR count). The molecule has 0 amide bonds. The third-order valence-electron chi connectivity index (χ3n) is 3.94. The van der Waals surface area contributed by atoms with Crippen molar-refractivity contribution in [1.82, 2.24) is 0 Å². The molecule has 1 atom stereocenters.